The van der Waals surface area contributed by atoms with Crippen molar-refractivity contribution in [3.8, 4) is 0 Å². The number of carbonyl (C=O) groups excluding carboxylic acids is 4. The number of urea groups is 1. The van der Waals surface area contributed by atoms with Crippen LogP contribution in [0.15, 0.2) is 48.7 Å². The molecule has 0 unspecified atom stereocenters. The molecule has 4 saturated heterocycles. The van der Waals surface area contributed by atoms with Crippen LogP contribution in [0.1, 0.15) is 76.9 Å². The first-order valence-corrected chi connectivity index (χ1v) is 20.9. The number of likely N-dealkylation sites (tertiary alicyclic amines) is 3. The number of rotatable bonds is 8. The first-order chi connectivity index (χ1) is 28.1. The summed E-state index contributed by atoms with van der Waals surface area (Å²) in [5.41, 5.74) is 12.3. The Hall–Kier alpha value is -5.25. The molecule has 4 fully saturated rings. The maximum atomic E-state index is 13.6. The number of halogens is 1. The number of amides is 5. The molecule has 5 aliphatic rings. The maximum Gasteiger partial charge on any atom is 0.328 e. The number of carbonyl (C=O) groups is 4. The lowest BCUT2D eigenvalue weighted by Gasteiger charge is -2.49. The standard InChI is InChI=1S/C42H50ClN11O4/c1-45-32-24-36(48-54-35(38(44)56)25-46-39(32)54)52-17-9-30-28(3-2-4-33(30)52)26-49-15-7-29(8-16-49)50-19-11-42(12-20-50)13-21-51(22-14-42)40(57)27-5-6-31(43)34(23-27)53-18-10-37(55)47-41(53)58/h2-6,23-25,29,45H,7-22,26H2,1H3,(H2,44,56)(H,47,55,58). The van der Waals surface area contributed by atoms with E-state index in [1.807, 2.05) is 18.0 Å². The monoisotopic (exact) mass is 807 g/mol. The lowest BCUT2D eigenvalue weighted by Crippen LogP contribution is -2.52. The first-order valence-electron chi connectivity index (χ1n) is 20.5. The third-order valence-electron chi connectivity index (χ3n) is 13.4. The molecule has 9 rings (SSSR count). The van der Waals surface area contributed by atoms with E-state index in [0.29, 0.717) is 28.0 Å². The summed E-state index contributed by atoms with van der Waals surface area (Å²) < 4.78 is 1.54. The van der Waals surface area contributed by atoms with Gasteiger partial charge in [-0.25, -0.2) is 14.3 Å². The average Bonchev–Trinajstić information content (AvgIpc) is 3.88. The Bertz CT molecular complexity index is 2270. The van der Waals surface area contributed by atoms with E-state index in [1.165, 1.54) is 39.6 Å². The van der Waals surface area contributed by atoms with Crippen molar-refractivity contribution in [2.24, 2.45) is 11.1 Å². The number of primary amides is 1. The van der Waals surface area contributed by atoms with Crippen molar-refractivity contribution in [2.75, 3.05) is 74.5 Å². The van der Waals surface area contributed by atoms with Crippen molar-refractivity contribution in [1.82, 2.24) is 34.6 Å². The van der Waals surface area contributed by atoms with Crippen LogP contribution in [0.5, 0.6) is 0 Å². The topological polar surface area (TPSA) is 165 Å². The summed E-state index contributed by atoms with van der Waals surface area (Å²) in [5.74, 6) is -0.179. The van der Waals surface area contributed by atoms with Crippen LogP contribution in [0, 0.1) is 5.41 Å². The highest BCUT2D eigenvalue weighted by Crippen LogP contribution is 2.43. The van der Waals surface area contributed by atoms with Gasteiger partial charge in [0.1, 0.15) is 5.69 Å². The number of nitrogens with two attached hydrogens (primary N) is 1. The van der Waals surface area contributed by atoms with Gasteiger partial charge in [-0.3, -0.25) is 29.5 Å². The maximum absolute atomic E-state index is 13.6. The number of nitrogens with zero attached hydrogens (tertiary/aromatic N) is 8. The number of benzene rings is 2. The lowest BCUT2D eigenvalue weighted by atomic mass is 9.71. The summed E-state index contributed by atoms with van der Waals surface area (Å²) in [4.78, 5) is 65.2. The Balaban J connectivity index is 0.769. The molecule has 2 aromatic carbocycles. The molecule has 7 heterocycles. The molecule has 58 heavy (non-hydrogen) atoms. The van der Waals surface area contributed by atoms with E-state index >= 15 is 0 Å². The van der Waals surface area contributed by atoms with Crippen molar-refractivity contribution in [1.29, 1.82) is 0 Å². The number of hydrogen-bond donors (Lipinski definition) is 3. The molecule has 15 nitrogen and oxygen atoms in total. The summed E-state index contributed by atoms with van der Waals surface area (Å²) in [6.45, 7) is 7.76. The molecule has 5 aliphatic heterocycles. The molecule has 1 spiro atoms. The van der Waals surface area contributed by atoms with Gasteiger partial charge in [-0.1, -0.05) is 23.7 Å². The minimum atomic E-state index is -0.567. The average molecular weight is 808 g/mol. The highest BCUT2D eigenvalue weighted by Gasteiger charge is 2.41. The van der Waals surface area contributed by atoms with Crippen LogP contribution in [0.4, 0.5) is 27.7 Å². The highest BCUT2D eigenvalue weighted by atomic mass is 35.5. The van der Waals surface area contributed by atoms with Gasteiger partial charge in [-0.05, 0) is 112 Å². The van der Waals surface area contributed by atoms with Crippen LogP contribution in [-0.2, 0) is 17.8 Å². The molecule has 0 aliphatic carbocycles. The number of fused-ring (bicyclic) bond motifs is 2. The molecule has 304 valence electrons. The zero-order chi connectivity index (χ0) is 40.1. The molecule has 2 aromatic heterocycles. The SMILES string of the molecule is CNc1cc(N2CCc3c(CN4CCC(N5CCC6(CCN(C(=O)c7ccc(Cl)c(N8CCC(=O)NC8=O)c7)CC6)CC5)CC4)cccc32)nn2c(C(N)=O)cnc12. The van der Waals surface area contributed by atoms with Gasteiger partial charge in [0.05, 0.1) is 22.6 Å². The van der Waals surface area contributed by atoms with Gasteiger partial charge in [0.25, 0.3) is 11.8 Å². The second-order valence-corrected chi connectivity index (χ2v) is 16.9. The van der Waals surface area contributed by atoms with E-state index in [-0.39, 0.29) is 35.9 Å². The van der Waals surface area contributed by atoms with Gasteiger partial charge in [0.2, 0.25) is 5.91 Å². The van der Waals surface area contributed by atoms with E-state index in [2.05, 4.69) is 48.5 Å². The molecule has 0 bridgehead atoms. The Kier molecular flexibility index (Phi) is 10.2. The predicted molar refractivity (Wildman–Crippen MR) is 222 cm³/mol. The predicted octanol–water partition coefficient (Wildman–Crippen LogP) is 4.65. The second kappa shape index (κ2) is 15.5. The van der Waals surface area contributed by atoms with Gasteiger partial charge in [-0.15, -0.1) is 5.10 Å². The summed E-state index contributed by atoms with van der Waals surface area (Å²) in [6, 6.07) is 13.7. The van der Waals surface area contributed by atoms with Crippen LogP contribution in [0.3, 0.4) is 0 Å². The number of piperidine rings is 3. The normalized spacial score (nSPS) is 20.5. The summed E-state index contributed by atoms with van der Waals surface area (Å²) in [7, 11) is 1.84. The Morgan fingerprint density at radius 1 is 0.914 bits per heavy atom. The largest absolute Gasteiger partial charge is 0.385 e. The number of imidazole rings is 1. The minimum Gasteiger partial charge on any atom is -0.385 e. The van der Waals surface area contributed by atoms with Gasteiger partial charge in [0.15, 0.2) is 11.5 Å². The number of nitrogens with one attached hydrogen (secondary N) is 2. The zero-order valence-corrected chi connectivity index (χ0v) is 33.6. The molecule has 16 heteroatoms. The second-order valence-electron chi connectivity index (χ2n) is 16.5. The third kappa shape index (κ3) is 7.13. The van der Waals surface area contributed by atoms with Gasteiger partial charge in [0, 0.05) is 69.6 Å². The smallest absolute Gasteiger partial charge is 0.328 e. The Morgan fingerprint density at radius 2 is 1.66 bits per heavy atom. The fourth-order valence-corrected chi connectivity index (χ4v) is 10.1. The molecule has 5 amide bonds. The van der Waals surface area contributed by atoms with E-state index in [1.54, 1.807) is 18.2 Å². The number of imide groups is 1. The summed E-state index contributed by atoms with van der Waals surface area (Å²) in [5, 5.41) is 10.7. The Morgan fingerprint density at radius 3 is 2.38 bits per heavy atom. The molecular weight excluding hydrogens is 758 g/mol. The third-order valence-corrected chi connectivity index (χ3v) is 13.7. The van der Waals surface area contributed by atoms with E-state index in [0.717, 1.165) is 102 Å². The fourth-order valence-electron chi connectivity index (χ4n) is 9.89. The van der Waals surface area contributed by atoms with Crippen LogP contribution in [-0.4, -0.2) is 118 Å². The van der Waals surface area contributed by atoms with Crippen molar-refractivity contribution in [3.63, 3.8) is 0 Å². The molecule has 0 radical (unpaired) electrons. The van der Waals surface area contributed by atoms with Crippen LogP contribution in [0.25, 0.3) is 5.65 Å². The molecule has 4 aromatic rings. The van der Waals surface area contributed by atoms with Crippen molar-refractivity contribution in [2.45, 2.75) is 64.0 Å². The van der Waals surface area contributed by atoms with E-state index in [9.17, 15) is 19.2 Å². The van der Waals surface area contributed by atoms with Crippen molar-refractivity contribution >= 4 is 63.9 Å². The van der Waals surface area contributed by atoms with E-state index in [4.69, 9.17) is 22.4 Å². The lowest BCUT2D eigenvalue weighted by molar-refractivity contribution is -0.120. The number of hydrogen-bond acceptors (Lipinski definition) is 10. The van der Waals surface area contributed by atoms with Crippen LogP contribution >= 0.6 is 11.6 Å². The first kappa shape index (κ1) is 38.3. The van der Waals surface area contributed by atoms with Crippen LogP contribution in [0.2, 0.25) is 5.02 Å². The zero-order valence-electron chi connectivity index (χ0n) is 32.9. The van der Waals surface area contributed by atoms with Crippen molar-refractivity contribution in [3.05, 3.63) is 76.1 Å². The molecular formula is C42H50ClN11O4. The molecule has 0 atom stereocenters. The number of anilines is 4. The highest BCUT2D eigenvalue weighted by molar-refractivity contribution is 6.34. The quantitative estimate of drug-likeness (QED) is 0.229. The molecule has 4 N–H and O–H groups in total. The Labute approximate surface area is 342 Å². The van der Waals surface area contributed by atoms with Crippen LogP contribution < -0.4 is 26.2 Å². The van der Waals surface area contributed by atoms with E-state index < -0.39 is 11.9 Å². The summed E-state index contributed by atoms with van der Waals surface area (Å²) in [6.07, 6.45) is 9.25. The van der Waals surface area contributed by atoms with Gasteiger partial charge < -0.3 is 25.8 Å². The molecule has 0 saturated carbocycles. The number of aromatic nitrogens is 3. The fraction of sp³-hybridized carbons (Fsp3) is 0.476. The van der Waals surface area contributed by atoms with Crippen molar-refractivity contribution < 1.29 is 19.2 Å². The van der Waals surface area contributed by atoms with Gasteiger partial charge >= 0.3 is 6.03 Å². The summed E-state index contributed by atoms with van der Waals surface area (Å²) >= 11 is 6.44. The minimum absolute atomic E-state index is 0.0454. The van der Waals surface area contributed by atoms with Gasteiger partial charge in [-0.2, -0.15) is 0 Å².